The van der Waals surface area contributed by atoms with Gasteiger partial charge in [0.15, 0.2) is 5.83 Å². The number of rotatable bonds is 6. The minimum absolute atomic E-state index is 0.00180. The van der Waals surface area contributed by atoms with Crippen molar-refractivity contribution in [2.75, 3.05) is 49.6 Å². The van der Waals surface area contributed by atoms with Gasteiger partial charge < -0.3 is 24.3 Å². The Morgan fingerprint density at radius 2 is 1.93 bits per heavy atom. The van der Waals surface area contributed by atoms with E-state index in [9.17, 15) is 9.18 Å². The van der Waals surface area contributed by atoms with Crippen molar-refractivity contribution in [1.82, 2.24) is 19.8 Å². The number of halogens is 1. The quantitative estimate of drug-likeness (QED) is 0.513. The van der Waals surface area contributed by atoms with Gasteiger partial charge in [-0.25, -0.2) is 4.39 Å². The molecule has 5 heterocycles. The van der Waals surface area contributed by atoms with Crippen molar-refractivity contribution in [2.24, 2.45) is 0 Å². The Morgan fingerprint density at radius 1 is 1.05 bits per heavy atom. The molecule has 0 bridgehead atoms. The number of hydrogen-bond donors (Lipinski definition) is 0. The standard InChI is InChI=1S/C31H39FN6O2/c1-20(32)30(39)37-16-13-27-28(37)18-38(27)29-24-12-15-36(26-11-5-8-21-7-3-4-10-23(21)26)17-25(24)33-31(34-29)40-19-22-9-6-14-35(22)2/h5,8,11,22,27-28H,1,3-4,6-7,9-10,12-19H2,2H3/t22-,27+,28+/m0/s1. The molecular weight excluding hydrogens is 507 g/mol. The fourth-order valence-electron chi connectivity index (χ4n) is 7.59. The molecule has 0 N–H and O–H groups in total. The first kappa shape index (κ1) is 25.7. The maximum Gasteiger partial charge on any atom is 0.318 e. The molecule has 1 aliphatic carbocycles. The van der Waals surface area contributed by atoms with Crippen LogP contribution < -0.4 is 14.5 Å². The third-order valence-corrected chi connectivity index (χ3v) is 9.87. The topological polar surface area (TPSA) is 65.0 Å². The highest BCUT2D eigenvalue weighted by Crippen LogP contribution is 2.41. The average molecular weight is 547 g/mol. The van der Waals surface area contributed by atoms with Gasteiger partial charge in [-0.1, -0.05) is 18.7 Å². The first-order valence-electron chi connectivity index (χ1n) is 15.0. The number of nitrogens with zero attached hydrogens (tertiary/aromatic N) is 6. The summed E-state index contributed by atoms with van der Waals surface area (Å²) in [4.78, 5) is 31.1. The monoisotopic (exact) mass is 546 g/mol. The highest BCUT2D eigenvalue weighted by atomic mass is 19.1. The predicted molar refractivity (Wildman–Crippen MR) is 153 cm³/mol. The highest BCUT2D eigenvalue weighted by Gasteiger charge is 2.50. The van der Waals surface area contributed by atoms with Crippen LogP contribution in [0.1, 0.15) is 54.5 Å². The van der Waals surface area contributed by atoms with Crippen LogP contribution >= 0.6 is 0 Å². The average Bonchev–Trinajstić information content (AvgIpc) is 3.52. The Morgan fingerprint density at radius 3 is 2.75 bits per heavy atom. The summed E-state index contributed by atoms with van der Waals surface area (Å²) in [5.74, 6) is -0.526. The molecule has 2 aromatic rings. The van der Waals surface area contributed by atoms with Crippen LogP contribution in [0.5, 0.6) is 6.01 Å². The van der Waals surface area contributed by atoms with Crippen LogP contribution in [0.2, 0.25) is 0 Å². The second-order valence-electron chi connectivity index (χ2n) is 12.1. The maximum atomic E-state index is 13.6. The molecule has 3 fully saturated rings. The van der Waals surface area contributed by atoms with Crippen LogP contribution in [0.15, 0.2) is 30.6 Å². The molecule has 0 spiro atoms. The molecule has 212 valence electrons. The number of aryl methyl sites for hydroxylation is 1. The Bertz CT molecular complexity index is 1330. The van der Waals surface area contributed by atoms with E-state index in [1.807, 2.05) is 0 Å². The second-order valence-corrected chi connectivity index (χ2v) is 12.1. The lowest BCUT2D eigenvalue weighted by atomic mass is 9.89. The fraction of sp³-hybridized carbons (Fsp3) is 0.581. The fourth-order valence-corrected chi connectivity index (χ4v) is 7.59. The lowest BCUT2D eigenvalue weighted by Crippen LogP contribution is -2.63. The molecular formula is C31H39FN6O2. The molecule has 7 rings (SSSR count). The molecule has 1 aromatic carbocycles. The summed E-state index contributed by atoms with van der Waals surface area (Å²) in [7, 11) is 2.15. The van der Waals surface area contributed by atoms with Crippen LogP contribution in [0.25, 0.3) is 0 Å². The van der Waals surface area contributed by atoms with Gasteiger partial charge in [0.05, 0.1) is 24.3 Å². The van der Waals surface area contributed by atoms with E-state index in [1.54, 1.807) is 4.90 Å². The molecule has 0 unspecified atom stereocenters. The summed E-state index contributed by atoms with van der Waals surface area (Å²) in [5.41, 5.74) is 6.56. The lowest BCUT2D eigenvalue weighted by Gasteiger charge is -2.48. The number of aromatic nitrogens is 2. The van der Waals surface area contributed by atoms with Crippen molar-refractivity contribution in [3.8, 4) is 6.01 Å². The summed E-state index contributed by atoms with van der Waals surface area (Å²) >= 11 is 0. The summed E-state index contributed by atoms with van der Waals surface area (Å²) in [6.45, 7) is 7.75. The Hall–Kier alpha value is -3.20. The SMILES string of the molecule is C=C(F)C(=O)N1CC[C@@H]2[C@H]1CN2c1nc(OC[C@@H]2CCCN2C)nc2c1CCN(c1cccc3c1CCCC3)C2. The van der Waals surface area contributed by atoms with E-state index in [-0.39, 0.29) is 12.1 Å². The van der Waals surface area contributed by atoms with Crippen molar-refractivity contribution >= 4 is 17.4 Å². The van der Waals surface area contributed by atoms with Crippen LogP contribution in [0.4, 0.5) is 15.9 Å². The van der Waals surface area contributed by atoms with Crippen molar-refractivity contribution in [1.29, 1.82) is 0 Å². The molecule has 0 saturated carbocycles. The Kier molecular flexibility index (Phi) is 6.65. The summed E-state index contributed by atoms with van der Waals surface area (Å²) in [6.07, 6.45) is 8.81. The molecule has 40 heavy (non-hydrogen) atoms. The van der Waals surface area contributed by atoms with Gasteiger partial charge in [-0.3, -0.25) is 4.79 Å². The first-order chi connectivity index (χ1) is 19.5. The van der Waals surface area contributed by atoms with E-state index in [1.165, 1.54) is 48.1 Å². The zero-order valence-electron chi connectivity index (χ0n) is 23.4. The molecule has 9 heteroatoms. The third kappa shape index (κ3) is 4.42. The lowest BCUT2D eigenvalue weighted by molar-refractivity contribution is -0.130. The van der Waals surface area contributed by atoms with Gasteiger partial charge in [-0.15, -0.1) is 0 Å². The van der Waals surface area contributed by atoms with Crippen molar-refractivity contribution in [3.05, 3.63) is 53.0 Å². The largest absolute Gasteiger partial charge is 0.462 e. The number of benzene rings is 1. The van der Waals surface area contributed by atoms with E-state index < -0.39 is 11.7 Å². The molecule has 1 aromatic heterocycles. The number of carbonyl (C=O) groups excluding carboxylic acids is 1. The summed E-state index contributed by atoms with van der Waals surface area (Å²) < 4.78 is 19.9. The molecule has 5 aliphatic rings. The number of carbonyl (C=O) groups is 1. The number of likely N-dealkylation sites (tertiary alicyclic amines) is 2. The number of anilines is 2. The second kappa shape index (κ2) is 10.3. The van der Waals surface area contributed by atoms with Gasteiger partial charge in [0.25, 0.3) is 5.91 Å². The smallest absolute Gasteiger partial charge is 0.318 e. The molecule has 3 atom stereocenters. The van der Waals surface area contributed by atoms with Gasteiger partial charge in [0, 0.05) is 36.9 Å². The van der Waals surface area contributed by atoms with Gasteiger partial charge in [0.2, 0.25) is 0 Å². The number of hydrogen-bond acceptors (Lipinski definition) is 7. The Balaban J connectivity index is 1.18. The maximum absolute atomic E-state index is 13.6. The number of fused-ring (bicyclic) bond motifs is 3. The summed E-state index contributed by atoms with van der Waals surface area (Å²) in [5, 5.41) is 0. The summed E-state index contributed by atoms with van der Waals surface area (Å²) in [6, 6.07) is 7.72. The van der Waals surface area contributed by atoms with Crippen LogP contribution in [-0.4, -0.2) is 83.6 Å². The normalized spacial score (nSPS) is 25.8. The van der Waals surface area contributed by atoms with Gasteiger partial charge in [-0.05, 0) is 82.2 Å². The third-order valence-electron chi connectivity index (χ3n) is 9.87. The van der Waals surface area contributed by atoms with E-state index >= 15 is 0 Å². The number of ether oxygens (including phenoxy) is 1. The minimum Gasteiger partial charge on any atom is -0.462 e. The number of likely N-dealkylation sites (N-methyl/N-ethyl adjacent to an activating group) is 1. The van der Waals surface area contributed by atoms with Crippen LogP contribution in [0.3, 0.4) is 0 Å². The van der Waals surface area contributed by atoms with Crippen LogP contribution in [-0.2, 0) is 30.6 Å². The molecule has 3 saturated heterocycles. The first-order valence-corrected chi connectivity index (χ1v) is 15.0. The van der Waals surface area contributed by atoms with Gasteiger partial charge >= 0.3 is 6.01 Å². The van der Waals surface area contributed by atoms with Crippen molar-refractivity contribution in [2.45, 2.75) is 76.0 Å². The van der Waals surface area contributed by atoms with Crippen molar-refractivity contribution < 1.29 is 13.9 Å². The predicted octanol–water partition coefficient (Wildman–Crippen LogP) is 3.66. The van der Waals surface area contributed by atoms with Crippen LogP contribution in [0, 0.1) is 0 Å². The van der Waals surface area contributed by atoms with Gasteiger partial charge in [-0.2, -0.15) is 9.97 Å². The van der Waals surface area contributed by atoms with E-state index in [2.05, 4.69) is 46.5 Å². The Labute approximate surface area is 235 Å². The van der Waals surface area contributed by atoms with Crippen molar-refractivity contribution in [3.63, 3.8) is 0 Å². The van der Waals surface area contributed by atoms with Gasteiger partial charge in [0.1, 0.15) is 12.4 Å². The van der Waals surface area contributed by atoms with E-state index in [0.717, 1.165) is 56.8 Å². The molecule has 8 nitrogen and oxygen atoms in total. The molecule has 4 aliphatic heterocycles. The zero-order chi connectivity index (χ0) is 27.4. The highest BCUT2D eigenvalue weighted by molar-refractivity contribution is 5.91. The van der Waals surface area contributed by atoms with E-state index in [0.29, 0.717) is 31.7 Å². The molecule has 1 amide bonds. The minimum atomic E-state index is -0.880. The molecule has 0 radical (unpaired) electrons. The van der Waals surface area contributed by atoms with E-state index in [4.69, 9.17) is 14.7 Å². The number of amides is 1. The zero-order valence-corrected chi connectivity index (χ0v) is 23.4.